The van der Waals surface area contributed by atoms with E-state index in [1.165, 1.54) is 18.2 Å². The van der Waals surface area contributed by atoms with Crippen molar-refractivity contribution in [2.24, 2.45) is 0 Å². The van der Waals surface area contributed by atoms with E-state index in [0.717, 1.165) is 31.1 Å². The van der Waals surface area contributed by atoms with Crippen molar-refractivity contribution in [3.8, 4) is 0 Å². The van der Waals surface area contributed by atoms with Crippen LogP contribution in [0.4, 0.5) is 8.78 Å². The van der Waals surface area contributed by atoms with Crippen molar-refractivity contribution < 1.29 is 8.78 Å². The van der Waals surface area contributed by atoms with E-state index in [9.17, 15) is 8.78 Å². The van der Waals surface area contributed by atoms with Crippen molar-refractivity contribution in [3.63, 3.8) is 0 Å². The summed E-state index contributed by atoms with van der Waals surface area (Å²) in [6.07, 6.45) is 0. The van der Waals surface area contributed by atoms with Crippen molar-refractivity contribution >= 4 is 11.3 Å². The van der Waals surface area contributed by atoms with Gasteiger partial charge in [-0.3, -0.25) is 4.90 Å². The van der Waals surface area contributed by atoms with Gasteiger partial charge in [-0.1, -0.05) is 6.07 Å². The van der Waals surface area contributed by atoms with E-state index in [1.807, 2.05) is 17.5 Å². The lowest BCUT2D eigenvalue weighted by molar-refractivity contribution is 0.197. The van der Waals surface area contributed by atoms with Gasteiger partial charge in [-0.2, -0.15) is 0 Å². The van der Waals surface area contributed by atoms with Crippen molar-refractivity contribution in [1.82, 2.24) is 10.2 Å². The highest BCUT2D eigenvalue weighted by Crippen LogP contribution is 2.33. The molecule has 1 N–H and O–H groups in total. The Balaban J connectivity index is 2.02. The molecule has 1 aromatic heterocycles. The Morgan fingerprint density at radius 2 is 1.95 bits per heavy atom. The van der Waals surface area contributed by atoms with E-state index >= 15 is 0 Å². The fourth-order valence-electron chi connectivity index (χ4n) is 2.64. The van der Waals surface area contributed by atoms with Gasteiger partial charge in [0.2, 0.25) is 0 Å². The molecule has 0 bridgehead atoms. The molecule has 2 nitrogen and oxygen atoms in total. The number of rotatable bonds is 3. The lowest BCUT2D eigenvalue weighted by Gasteiger charge is -2.34. The fraction of sp³-hybridized carbons (Fsp3) is 0.333. The molecule has 0 amide bonds. The minimum atomic E-state index is -0.391. The van der Waals surface area contributed by atoms with Crippen LogP contribution in [-0.2, 0) is 0 Å². The van der Waals surface area contributed by atoms with Crippen molar-refractivity contribution in [3.05, 3.63) is 57.8 Å². The zero-order valence-corrected chi connectivity index (χ0v) is 11.8. The van der Waals surface area contributed by atoms with Gasteiger partial charge in [0.1, 0.15) is 11.6 Å². The van der Waals surface area contributed by atoms with Gasteiger partial charge in [0.25, 0.3) is 0 Å². The number of piperazine rings is 1. The first-order valence-corrected chi connectivity index (χ1v) is 7.57. The summed E-state index contributed by atoms with van der Waals surface area (Å²) in [5.74, 6) is -0.735. The third-order valence-corrected chi connectivity index (χ3v) is 4.51. The molecule has 106 valence electrons. The molecule has 1 atom stereocenters. The highest BCUT2D eigenvalue weighted by atomic mass is 32.1. The zero-order chi connectivity index (χ0) is 13.9. The minimum absolute atomic E-state index is 0.201. The van der Waals surface area contributed by atoms with Crippen LogP contribution in [0.1, 0.15) is 16.5 Å². The van der Waals surface area contributed by atoms with Crippen LogP contribution in [0.25, 0.3) is 0 Å². The van der Waals surface area contributed by atoms with Crippen molar-refractivity contribution in [1.29, 1.82) is 0 Å². The molecule has 2 heterocycles. The van der Waals surface area contributed by atoms with Gasteiger partial charge in [0.05, 0.1) is 6.04 Å². The summed E-state index contributed by atoms with van der Waals surface area (Å²) in [7, 11) is 0. The van der Waals surface area contributed by atoms with E-state index in [2.05, 4.69) is 10.2 Å². The van der Waals surface area contributed by atoms with E-state index in [-0.39, 0.29) is 11.9 Å². The molecule has 20 heavy (non-hydrogen) atoms. The first-order valence-electron chi connectivity index (χ1n) is 6.69. The first kappa shape index (κ1) is 13.7. The predicted molar refractivity (Wildman–Crippen MR) is 77.0 cm³/mol. The standard InChI is InChI=1S/C15H16F2N2S/c16-11-3-4-13(17)12(10-11)15(14-2-1-9-20-14)19-7-5-18-6-8-19/h1-4,9-10,15,18H,5-8H2/t15-/m1/s1. The molecule has 0 saturated carbocycles. The summed E-state index contributed by atoms with van der Waals surface area (Å²) in [4.78, 5) is 3.26. The second-order valence-electron chi connectivity index (χ2n) is 4.87. The van der Waals surface area contributed by atoms with E-state index in [4.69, 9.17) is 0 Å². The number of halogens is 2. The molecule has 1 aromatic carbocycles. The molecule has 1 aliphatic heterocycles. The van der Waals surface area contributed by atoms with Crippen molar-refractivity contribution in [2.75, 3.05) is 26.2 Å². The average molecular weight is 294 g/mol. The Bertz CT molecular complexity index is 565. The lowest BCUT2D eigenvalue weighted by Crippen LogP contribution is -2.45. The summed E-state index contributed by atoms with van der Waals surface area (Å²) in [5.41, 5.74) is 0.425. The van der Waals surface area contributed by atoms with Gasteiger partial charge in [-0.15, -0.1) is 11.3 Å². The van der Waals surface area contributed by atoms with Crippen molar-refractivity contribution in [2.45, 2.75) is 6.04 Å². The highest BCUT2D eigenvalue weighted by Gasteiger charge is 2.27. The first-order chi connectivity index (χ1) is 9.75. The fourth-order valence-corrected chi connectivity index (χ4v) is 3.52. The summed E-state index contributed by atoms with van der Waals surface area (Å²) in [5, 5.41) is 5.26. The maximum Gasteiger partial charge on any atom is 0.128 e. The van der Waals surface area contributed by atoms with Crippen LogP contribution in [0.3, 0.4) is 0 Å². The Kier molecular flexibility index (Phi) is 4.10. The van der Waals surface area contributed by atoms with E-state index in [1.54, 1.807) is 11.3 Å². The summed E-state index contributed by atoms with van der Waals surface area (Å²) >= 11 is 1.58. The molecule has 3 rings (SSSR count). The molecule has 2 aromatic rings. The molecular formula is C15H16F2N2S. The summed E-state index contributed by atoms with van der Waals surface area (Å²) in [6.45, 7) is 3.41. The van der Waals surface area contributed by atoms with Gasteiger partial charge in [0, 0.05) is 36.6 Å². The number of nitrogens with zero attached hydrogens (tertiary/aromatic N) is 1. The zero-order valence-electron chi connectivity index (χ0n) is 11.0. The van der Waals surface area contributed by atoms with Gasteiger partial charge in [-0.05, 0) is 29.6 Å². The SMILES string of the molecule is Fc1ccc(F)c([C@H](c2cccs2)N2CCNCC2)c1. The molecule has 1 aliphatic rings. The van der Waals surface area contributed by atoms with Gasteiger partial charge in [0.15, 0.2) is 0 Å². The predicted octanol–water partition coefficient (Wildman–Crippen LogP) is 3.02. The topological polar surface area (TPSA) is 15.3 Å². The van der Waals surface area contributed by atoms with E-state index in [0.29, 0.717) is 5.56 Å². The molecule has 0 spiro atoms. The van der Waals surface area contributed by atoms with Crippen LogP contribution in [-0.4, -0.2) is 31.1 Å². The normalized spacial score (nSPS) is 18.1. The monoisotopic (exact) mass is 294 g/mol. The second kappa shape index (κ2) is 5.99. The number of benzene rings is 1. The van der Waals surface area contributed by atoms with Crippen LogP contribution in [0.15, 0.2) is 35.7 Å². The molecular weight excluding hydrogens is 278 g/mol. The van der Waals surface area contributed by atoms with Crippen LogP contribution in [0, 0.1) is 11.6 Å². The maximum atomic E-state index is 14.2. The Labute approximate surface area is 121 Å². The average Bonchev–Trinajstić information content (AvgIpc) is 2.98. The second-order valence-corrected chi connectivity index (χ2v) is 5.85. The molecule has 1 fully saturated rings. The largest absolute Gasteiger partial charge is 0.314 e. The maximum absolute atomic E-state index is 14.2. The van der Waals surface area contributed by atoms with Gasteiger partial charge >= 0.3 is 0 Å². The summed E-state index contributed by atoms with van der Waals surface area (Å²) < 4.78 is 27.7. The van der Waals surface area contributed by atoms with Gasteiger partial charge in [-0.25, -0.2) is 8.78 Å². The van der Waals surface area contributed by atoms with Gasteiger partial charge < -0.3 is 5.32 Å². The molecule has 0 aliphatic carbocycles. The van der Waals surface area contributed by atoms with Crippen LogP contribution in [0.2, 0.25) is 0 Å². The number of hydrogen-bond donors (Lipinski definition) is 1. The Hall–Kier alpha value is -1.30. The van der Waals surface area contributed by atoms with Crippen LogP contribution < -0.4 is 5.32 Å². The van der Waals surface area contributed by atoms with E-state index < -0.39 is 5.82 Å². The number of thiophene rings is 1. The van der Waals surface area contributed by atoms with Crippen LogP contribution >= 0.6 is 11.3 Å². The smallest absolute Gasteiger partial charge is 0.128 e. The minimum Gasteiger partial charge on any atom is -0.314 e. The molecule has 1 saturated heterocycles. The van der Waals surface area contributed by atoms with Crippen LogP contribution in [0.5, 0.6) is 0 Å². The summed E-state index contributed by atoms with van der Waals surface area (Å²) in [6, 6.07) is 7.44. The third kappa shape index (κ3) is 2.75. The molecule has 0 unspecified atom stereocenters. The lowest BCUT2D eigenvalue weighted by atomic mass is 10.0. The Morgan fingerprint density at radius 1 is 1.15 bits per heavy atom. The number of hydrogen-bond acceptors (Lipinski definition) is 3. The highest BCUT2D eigenvalue weighted by molar-refractivity contribution is 7.10. The molecule has 0 radical (unpaired) electrons. The number of nitrogens with one attached hydrogen (secondary N) is 1. The quantitative estimate of drug-likeness (QED) is 0.936. The molecule has 5 heteroatoms. The third-order valence-electron chi connectivity index (χ3n) is 3.58. The Morgan fingerprint density at radius 3 is 2.65 bits per heavy atom.